The average molecular weight is 240 g/mol. The largest absolute Gasteiger partial charge is 0.388 e. The van der Waals surface area contributed by atoms with Crippen LogP contribution >= 0.6 is 0 Å². The monoisotopic (exact) mass is 240 g/mol. The van der Waals surface area contributed by atoms with E-state index in [2.05, 4.69) is 0 Å². The summed E-state index contributed by atoms with van der Waals surface area (Å²) in [5.41, 5.74) is 7.04. The summed E-state index contributed by atoms with van der Waals surface area (Å²) in [7, 11) is 0. The summed E-state index contributed by atoms with van der Waals surface area (Å²) in [6.07, 6.45) is 0.831. The molecule has 0 fully saturated rings. The first kappa shape index (κ1) is 12.3. The van der Waals surface area contributed by atoms with Gasteiger partial charge in [0.25, 0.3) is 0 Å². The maximum atomic E-state index is 11.3. The normalized spacial score (nSPS) is 12.1. The minimum atomic E-state index is -0.851. The molecule has 0 aliphatic carbocycles. The van der Waals surface area contributed by atoms with Crippen molar-refractivity contribution in [2.24, 2.45) is 5.73 Å². The fraction of sp³-hybridized carbons (Fsp3) is 0.0667. The lowest BCUT2D eigenvalue weighted by molar-refractivity contribution is 0.0995. The highest BCUT2D eigenvalue weighted by atomic mass is 16.3. The van der Waals surface area contributed by atoms with Gasteiger partial charge in [-0.1, -0.05) is 48.5 Å². The molecule has 2 aromatic carbocycles. The smallest absolute Gasteiger partial charge is 0.249 e. The Morgan fingerprint density at radius 3 is 2.33 bits per heavy atom. The molecule has 1 atom stereocenters. The summed E-state index contributed by atoms with van der Waals surface area (Å²) in [6, 6.07) is 16.2. The number of nitrogens with two attached hydrogens (primary N) is 1. The lowest BCUT2D eigenvalue weighted by atomic mass is 9.97. The van der Waals surface area contributed by atoms with E-state index in [1.54, 1.807) is 30.7 Å². The van der Waals surface area contributed by atoms with Crippen molar-refractivity contribution in [1.29, 1.82) is 0 Å². The van der Waals surface area contributed by atoms with Gasteiger partial charge in [-0.25, -0.2) is 0 Å². The van der Waals surface area contributed by atoms with Gasteiger partial charge < -0.3 is 10.8 Å². The Morgan fingerprint density at radius 2 is 1.67 bits per heavy atom. The van der Waals surface area contributed by atoms with Crippen LogP contribution < -0.4 is 5.73 Å². The number of amides is 1. The van der Waals surface area contributed by atoms with Crippen LogP contribution in [0.4, 0.5) is 0 Å². The second-order valence-corrected chi connectivity index (χ2v) is 3.97. The molecule has 2 rings (SSSR count). The minimum absolute atomic E-state index is 0.345. The van der Waals surface area contributed by atoms with Crippen molar-refractivity contribution in [3.05, 3.63) is 77.7 Å². The molecule has 1 amide bonds. The summed E-state index contributed by atoms with van der Waals surface area (Å²) in [4.78, 5) is 11.3. The maximum absolute atomic E-state index is 11.3. The molecule has 3 N–H and O–H groups in total. The van der Waals surface area contributed by atoms with Gasteiger partial charge in [0.15, 0.2) is 0 Å². The summed E-state index contributed by atoms with van der Waals surface area (Å²) in [5.74, 6) is -0.536. The Kier molecular flexibility index (Phi) is 3.75. The zero-order valence-electron chi connectivity index (χ0n) is 9.78. The van der Waals surface area contributed by atoms with E-state index in [0.29, 0.717) is 11.1 Å². The third-order valence-electron chi connectivity index (χ3n) is 2.69. The van der Waals surface area contributed by atoms with Crippen LogP contribution in [0, 0.1) is 6.42 Å². The number of hydrogen-bond acceptors (Lipinski definition) is 2. The van der Waals surface area contributed by atoms with Crippen LogP contribution in [0.2, 0.25) is 0 Å². The number of aliphatic hydroxyl groups is 1. The predicted molar refractivity (Wildman–Crippen MR) is 69.8 cm³/mol. The van der Waals surface area contributed by atoms with Crippen LogP contribution in [-0.4, -0.2) is 11.0 Å². The van der Waals surface area contributed by atoms with E-state index in [-0.39, 0.29) is 0 Å². The quantitative estimate of drug-likeness (QED) is 0.859. The highest BCUT2D eigenvalue weighted by Crippen LogP contribution is 2.23. The lowest BCUT2D eigenvalue weighted by Gasteiger charge is -2.13. The van der Waals surface area contributed by atoms with Crippen LogP contribution in [0.1, 0.15) is 27.6 Å². The Morgan fingerprint density at radius 1 is 1.06 bits per heavy atom. The van der Waals surface area contributed by atoms with Gasteiger partial charge in [0, 0.05) is 12.0 Å². The van der Waals surface area contributed by atoms with E-state index >= 15 is 0 Å². The molecule has 0 bridgehead atoms. The van der Waals surface area contributed by atoms with E-state index in [1.165, 1.54) is 0 Å². The van der Waals surface area contributed by atoms with Gasteiger partial charge in [0.1, 0.15) is 0 Å². The minimum Gasteiger partial charge on any atom is -0.388 e. The van der Waals surface area contributed by atoms with Gasteiger partial charge in [0.2, 0.25) is 5.91 Å². The Hall–Kier alpha value is -2.13. The third kappa shape index (κ3) is 2.76. The molecule has 3 heteroatoms. The molecular weight excluding hydrogens is 226 g/mol. The molecule has 0 heterocycles. The molecule has 3 nitrogen and oxygen atoms in total. The van der Waals surface area contributed by atoms with Gasteiger partial charge in [-0.2, -0.15) is 0 Å². The molecule has 0 aliphatic heterocycles. The van der Waals surface area contributed by atoms with E-state index < -0.39 is 12.0 Å². The van der Waals surface area contributed by atoms with Crippen LogP contribution in [0.5, 0.6) is 0 Å². The maximum Gasteiger partial charge on any atom is 0.249 e. The highest BCUT2D eigenvalue weighted by molar-refractivity contribution is 5.94. The summed E-state index contributed by atoms with van der Waals surface area (Å²) in [5, 5.41) is 10.1. The molecule has 0 spiro atoms. The van der Waals surface area contributed by atoms with Crippen molar-refractivity contribution in [2.75, 3.05) is 0 Å². The highest BCUT2D eigenvalue weighted by Gasteiger charge is 2.15. The summed E-state index contributed by atoms with van der Waals surface area (Å²) in [6.45, 7) is 0. The molecule has 0 unspecified atom stereocenters. The number of hydrogen-bond donors (Lipinski definition) is 2. The number of carbonyl (C=O) groups is 1. The molecule has 0 aliphatic rings. The van der Waals surface area contributed by atoms with Crippen molar-refractivity contribution in [3.8, 4) is 0 Å². The number of rotatable bonds is 4. The number of benzene rings is 2. The van der Waals surface area contributed by atoms with Gasteiger partial charge >= 0.3 is 0 Å². The van der Waals surface area contributed by atoms with Crippen molar-refractivity contribution in [2.45, 2.75) is 6.10 Å². The molecule has 18 heavy (non-hydrogen) atoms. The molecule has 1 radical (unpaired) electrons. The molecule has 91 valence electrons. The zero-order chi connectivity index (χ0) is 13.0. The van der Waals surface area contributed by atoms with Crippen molar-refractivity contribution >= 4 is 5.91 Å². The first-order valence-electron chi connectivity index (χ1n) is 5.65. The zero-order valence-corrected chi connectivity index (χ0v) is 9.78. The second kappa shape index (κ2) is 5.47. The van der Waals surface area contributed by atoms with E-state index in [0.717, 1.165) is 5.56 Å². The third-order valence-corrected chi connectivity index (χ3v) is 2.69. The number of primary amides is 1. The fourth-order valence-corrected chi connectivity index (χ4v) is 1.82. The first-order valence-corrected chi connectivity index (χ1v) is 5.65. The van der Waals surface area contributed by atoms with Crippen LogP contribution in [0.15, 0.2) is 54.6 Å². The van der Waals surface area contributed by atoms with Crippen molar-refractivity contribution in [1.82, 2.24) is 0 Å². The summed E-state index contributed by atoms with van der Waals surface area (Å²) < 4.78 is 0. The Balaban J connectivity index is 2.24. The molecule has 0 saturated heterocycles. The molecular formula is C15H14NO2. The number of aliphatic hydroxyl groups excluding tert-OH is 1. The SMILES string of the molecule is NC(=O)c1ccccc1[C@H](O)[CH]c1ccccc1. The van der Waals surface area contributed by atoms with Crippen molar-refractivity contribution < 1.29 is 9.90 Å². The molecule has 2 aromatic rings. The first-order chi connectivity index (χ1) is 8.68. The average Bonchev–Trinajstić information content (AvgIpc) is 2.40. The topological polar surface area (TPSA) is 63.3 Å². The van der Waals surface area contributed by atoms with Crippen LogP contribution in [-0.2, 0) is 0 Å². The van der Waals surface area contributed by atoms with E-state index in [4.69, 9.17) is 5.73 Å². The summed E-state index contributed by atoms with van der Waals surface area (Å²) >= 11 is 0. The van der Waals surface area contributed by atoms with Gasteiger partial charge in [-0.05, 0) is 17.2 Å². The van der Waals surface area contributed by atoms with Crippen LogP contribution in [0.3, 0.4) is 0 Å². The molecule has 0 saturated carbocycles. The number of carbonyl (C=O) groups excluding carboxylic acids is 1. The van der Waals surface area contributed by atoms with Gasteiger partial charge in [-0.15, -0.1) is 0 Å². The fourth-order valence-electron chi connectivity index (χ4n) is 1.82. The van der Waals surface area contributed by atoms with Crippen molar-refractivity contribution in [3.63, 3.8) is 0 Å². The van der Waals surface area contributed by atoms with E-state index in [1.807, 2.05) is 30.3 Å². The lowest BCUT2D eigenvalue weighted by Crippen LogP contribution is -2.15. The predicted octanol–water partition coefficient (Wildman–Crippen LogP) is 2.07. The Bertz CT molecular complexity index is 537. The Labute approximate surface area is 106 Å². The second-order valence-electron chi connectivity index (χ2n) is 3.97. The van der Waals surface area contributed by atoms with E-state index in [9.17, 15) is 9.90 Å². The molecule has 0 aromatic heterocycles. The van der Waals surface area contributed by atoms with Gasteiger partial charge in [0.05, 0.1) is 6.10 Å². The van der Waals surface area contributed by atoms with Gasteiger partial charge in [-0.3, -0.25) is 4.79 Å². The van der Waals surface area contributed by atoms with Crippen LogP contribution in [0.25, 0.3) is 0 Å². The standard InChI is InChI=1S/C15H14NO2/c16-15(18)13-9-5-4-8-12(13)14(17)10-11-6-2-1-3-7-11/h1-10,14,17H,(H2,16,18)/t14-/m1/s1.